The molecular formula is C22H31ClN2O4S. The van der Waals surface area contributed by atoms with Crippen LogP contribution < -0.4 is 0 Å². The molecule has 0 radical (unpaired) electrons. The van der Waals surface area contributed by atoms with Gasteiger partial charge < -0.3 is 14.6 Å². The molecule has 2 fully saturated rings. The van der Waals surface area contributed by atoms with Crippen molar-refractivity contribution < 1.29 is 19.2 Å². The number of nitrogens with zero attached hydrogens (tertiary/aromatic N) is 2. The molecule has 8 heteroatoms. The number of rotatable bonds is 9. The van der Waals surface area contributed by atoms with Gasteiger partial charge in [-0.3, -0.25) is 9.59 Å². The summed E-state index contributed by atoms with van der Waals surface area (Å²) < 4.78 is 14.6. The highest BCUT2D eigenvalue weighted by Gasteiger charge is 2.52. The molecule has 4 atom stereocenters. The number of halogens is 1. The smallest absolute Gasteiger partial charge is 0.304 e. The Morgan fingerprint density at radius 3 is 2.53 bits per heavy atom. The number of carbonyl (C=O) groups is 2. The van der Waals surface area contributed by atoms with Crippen LogP contribution in [0.3, 0.4) is 0 Å². The summed E-state index contributed by atoms with van der Waals surface area (Å²) in [5.41, 5.74) is 0.998. The van der Waals surface area contributed by atoms with Crippen LogP contribution in [0.4, 0.5) is 0 Å². The molecule has 6 nitrogen and oxygen atoms in total. The lowest BCUT2D eigenvalue weighted by atomic mass is 9.85. The number of aliphatic carboxylic acids is 1. The molecule has 0 aromatic heterocycles. The Kier molecular flexibility index (Phi) is 7.38. The number of hydrogen-bond donors (Lipinski definition) is 1. The monoisotopic (exact) mass is 454 g/mol. The van der Waals surface area contributed by atoms with E-state index in [-0.39, 0.29) is 29.2 Å². The zero-order valence-electron chi connectivity index (χ0n) is 17.8. The summed E-state index contributed by atoms with van der Waals surface area (Å²) in [5, 5.41) is 9.90. The highest BCUT2D eigenvalue weighted by atomic mass is 35.5. The number of carboxylic acid groups (broad SMARTS) is 1. The van der Waals surface area contributed by atoms with E-state index in [1.807, 2.05) is 54.4 Å². The van der Waals surface area contributed by atoms with Crippen LogP contribution in [0.25, 0.3) is 0 Å². The Balaban J connectivity index is 1.86. The topological polar surface area (TPSA) is 83.9 Å². The molecule has 0 bridgehead atoms. The molecule has 166 valence electrons. The quantitative estimate of drug-likeness (QED) is 0.569. The maximum Gasteiger partial charge on any atom is 0.304 e. The molecule has 3 rings (SSSR count). The summed E-state index contributed by atoms with van der Waals surface area (Å²) in [6, 6.07) is 7.22. The minimum atomic E-state index is -1.10. The third-order valence-electron chi connectivity index (χ3n) is 6.40. The first-order valence-electron chi connectivity index (χ1n) is 10.6. The van der Waals surface area contributed by atoms with Crippen LogP contribution in [0.1, 0.15) is 64.0 Å². The lowest BCUT2D eigenvalue weighted by Crippen LogP contribution is -2.53. The number of carbonyl (C=O) groups excluding carboxylic acids is 1. The van der Waals surface area contributed by atoms with Crippen molar-refractivity contribution in [1.29, 1.82) is 0 Å². The number of likely N-dealkylation sites (N-methyl/N-ethyl adjacent to an activating group) is 1. The van der Waals surface area contributed by atoms with Gasteiger partial charge in [-0.25, -0.2) is 0 Å². The maximum absolute atomic E-state index is 13.4. The van der Waals surface area contributed by atoms with Crippen LogP contribution in [-0.2, 0) is 21.0 Å². The van der Waals surface area contributed by atoms with Gasteiger partial charge in [0.1, 0.15) is 4.75 Å². The van der Waals surface area contributed by atoms with Crippen LogP contribution in [0.5, 0.6) is 0 Å². The zero-order valence-corrected chi connectivity index (χ0v) is 19.4. The highest BCUT2D eigenvalue weighted by molar-refractivity contribution is 7.90. The number of hydrogen-bond acceptors (Lipinski definition) is 4. The van der Waals surface area contributed by atoms with Crippen LogP contribution in [0, 0.1) is 5.92 Å². The lowest BCUT2D eigenvalue weighted by molar-refractivity contribution is -0.151. The van der Waals surface area contributed by atoms with Crippen molar-refractivity contribution in [2.45, 2.75) is 69.2 Å². The molecule has 0 spiro atoms. The standard InChI is InChI=1S/C22H31ClN2O4S/c1-4-18(14-24(3)30(29)22(2)11-12-22)25-19(15-5-8-17(23)9-6-15)10-7-16(21(25)28)13-20(26)27/h5-6,8-9,16,18-19H,4,7,10-14H2,1-3H3,(H,26,27)/t16?,18-,19?,30?/m0/s1. The number of carboxylic acids is 1. The number of piperidine rings is 1. The average Bonchev–Trinajstić information content (AvgIpc) is 3.46. The summed E-state index contributed by atoms with van der Waals surface area (Å²) >= 11 is 4.95. The molecule has 1 heterocycles. The molecule has 1 aromatic rings. The number of benzene rings is 1. The normalized spacial score (nSPS) is 25.3. The lowest BCUT2D eigenvalue weighted by Gasteiger charge is -2.45. The second-order valence-electron chi connectivity index (χ2n) is 8.76. The van der Waals surface area contributed by atoms with Crippen molar-refractivity contribution in [2.75, 3.05) is 13.6 Å². The Morgan fingerprint density at radius 2 is 2.00 bits per heavy atom. The van der Waals surface area contributed by atoms with Gasteiger partial charge in [-0.1, -0.05) is 30.7 Å². The van der Waals surface area contributed by atoms with Gasteiger partial charge in [-0.15, -0.1) is 4.31 Å². The van der Waals surface area contributed by atoms with Crippen molar-refractivity contribution in [3.63, 3.8) is 0 Å². The van der Waals surface area contributed by atoms with E-state index in [4.69, 9.17) is 11.6 Å². The largest absolute Gasteiger partial charge is 0.597 e. The predicted octanol–water partition coefficient (Wildman–Crippen LogP) is 4.02. The molecule has 1 aliphatic carbocycles. The van der Waals surface area contributed by atoms with Crippen molar-refractivity contribution in [2.24, 2.45) is 5.92 Å². The number of amides is 1. The first-order chi connectivity index (χ1) is 14.2. The molecule has 30 heavy (non-hydrogen) atoms. The summed E-state index contributed by atoms with van der Waals surface area (Å²) in [4.78, 5) is 26.6. The zero-order chi connectivity index (χ0) is 22.1. The minimum Gasteiger partial charge on any atom is -0.597 e. The van der Waals surface area contributed by atoms with E-state index in [0.29, 0.717) is 30.8 Å². The van der Waals surface area contributed by atoms with Crippen LogP contribution in [-0.4, -0.2) is 55.1 Å². The van der Waals surface area contributed by atoms with E-state index in [9.17, 15) is 19.2 Å². The van der Waals surface area contributed by atoms with Crippen molar-refractivity contribution in [1.82, 2.24) is 9.21 Å². The second-order valence-corrected chi connectivity index (χ2v) is 11.3. The number of likely N-dealkylation sites (tertiary alicyclic amines) is 1. The summed E-state index contributed by atoms with van der Waals surface area (Å²) in [7, 11) is 1.85. The maximum atomic E-state index is 13.4. The molecule has 2 aliphatic rings. The van der Waals surface area contributed by atoms with Crippen LogP contribution in [0.2, 0.25) is 5.02 Å². The third kappa shape index (κ3) is 5.13. The average molecular weight is 455 g/mol. The van der Waals surface area contributed by atoms with Crippen molar-refractivity contribution >= 4 is 34.8 Å². The van der Waals surface area contributed by atoms with E-state index in [0.717, 1.165) is 18.4 Å². The van der Waals surface area contributed by atoms with E-state index in [1.165, 1.54) is 0 Å². The van der Waals surface area contributed by atoms with Crippen LogP contribution >= 0.6 is 11.6 Å². The minimum absolute atomic E-state index is 0.118. The van der Waals surface area contributed by atoms with E-state index >= 15 is 0 Å². The molecular weight excluding hydrogens is 424 g/mol. The molecule has 1 saturated carbocycles. The third-order valence-corrected chi connectivity index (χ3v) is 8.61. The van der Waals surface area contributed by atoms with E-state index in [2.05, 4.69) is 0 Å². The van der Waals surface area contributed by atoms with Gasteiger partial charge in [0, 0.05) is 48.2 Å². The highest BCUT2D eigenvalue weighted by Crippen LogP contribution is 2.45. The Hall–Kier alpha value is -1.28. The van der Waals surface area contributed by atoms with Crippen molar-refractivity contribution in [3.05, 3.63) is 34.9 Å². The summed E-state index contributed by atoms with van der Waals surface area (Å²) in [5.74, 6) is -1.59. The van der Waals surface area contributed by atoms with Gasteiger partial charge >= 0.3 is 5.97 Å². The summed E-state index contributed by atoms with van der Waals surface area (Å²) in [6.07, 6.45) is 3.71. The first-order valence-corrected chi connectivity index (χ1v) is 12.1. The first kappa shape index (κ1) is 23.4. The van der Waals surface area contributed by atoms with E-state index < -0.39 is 23.2 Å². The van der Waals surface area contributed by atoms with Crippen LogP contribution in [0.15, 0.2) is 24.3 Å². The van der Waals surface area contributed by atoms with Crippen molar-refractivity contribution in [3.8, 4) is 0 Å². The van der Waals surface area contributed by atoms with Gasteiger partial charge in [0.25, 0.3) is 0 Å². The SMILES string of the molecule is CC[C@@H](CN(C)[S+]([O-])C1(C)CC1)N1C(=O)C(CC(=O)O)CCC1c1ccc(Cl)cc1. The summed E-state index contributed by atoms with van der Waals surface area (Å²) in [6.45, 7) is 4.55. The van der Waals surface area contributed by atoms with Gasteiger partial charge in [0.2, 0.25) is 5.91 Å². The van der Waals surface area contributed by atoms with Gasteiger partial charge in [-0.05, 0) is 43.9 Å². The van der Waals surface area contributed by atoms with E-state index in [1.54, 1.807) is 0 Å². The Morgan fingerprint density at radius 1 is 1.37 bits per heavy atom. The Bertz CT molecular complexity index is 771. The fourth-order valence-electron chi connectivity index (χ4n) is 4.34. The molecule has 1 aromatic carbocycles. The molecule has 1 saturated heterocycles. The van der Waals surface area contributed by atoms with Gasteiger partial charge in [0.05, 0.1) is 19.0 Å². The molecule has 1 aliphatic heterocycles. The van der Waals surface area contributed by atoms with Gasteiger partial charge in [0.15, 0.2) is 0 Å². The molecule has 1 amide bonds. The fourth-order valence-corrected chi connectivity index (χ4v) is 5.98. The predicted molar refractivity (Wildman–Crippen MR) is 119 cm³/mol. The fraction of sp³-hybridized carbons (Fsp3) is 0.636. The molecule has 3 unspecified atom stereocenters. The van der Waals surface area contributed by atoms with Gasteiger partial charge in [-0.2, -0.15) is 0 Å². The molecule has 1 N–H and O–H groups in total. The second kappa shape index (κ2) is 9.47. The Labute approximate surface area is 186 Å².